The summed E-state index contributed by atoms with van der Waals surface area (Å²) < 4.78 is 13.6. The number of rotatable bonds is 8. The number of aromatic nitrogens is 3. The molecular formula is C24H24N4O4. The van der Waals surface area contributed by atoms with Crippen LogP contribution in [0.2, 0.25) is 0 Å². The van der Waals surface area contributed by atoms with E-state index in [1.165, 1.54) is 10.7 Å². The first-order valence-corrected chi connectivity index (χ1v) is 10.2. The summed E-state index contributed by atoms with van der Waals surface area (Å²) in [4.78, 5) is 24.6. The second kappa shape index (κ2) is 9.38. The van der Waals surface area contributed by atoms with Crippen LogP contribution in [0.3, 0.4) is 0 Å². The summed E-state index contributed by atoms with van der Waals surface area (Å²) in [6, 6.07) is 18.3. The molecule has 2 aromatic heterocycles. The van der Waals surface area contributed by atoms with Gasteiger partial charge in [0.1, 0.15) is 18.0 Å². The van der Waals surface area contributed by atoms with Crippen LogP contribution in [0.5, 0.6) is 11.5 Å². The lowest BCUT2D eigenvalue weighted by Crippen LogP contribution is -2.35. The first kappa shape index (κ1) is 21.2. The van der Waals surface area contributed by atoms with Gasteiger partial charge in [0.25, 0.3) is 5.56 Å². The molecule has 0 fully saturated rings. The molecule has 8 nitrogen and oxygen atoms in total. The highest BCUT2D eigenvalue weighted by Crippen LogP contribution is 2.22. The number of carbonyl (C=O) groups excluding carboxylic acids is 1. The summed E-state index contributed by atoms with van der Waals surface area (Å²) in [7, 11) is 3.24. The fourth-order valence-electron chi connectivity index (χ4n) is 3.49. The van der Waals surface area contributed by atoms with Gasteiger partial charge in [0, 0.05) is 41.8 Å². The van der Waals surface area contributed by atoms with Crippen LogP contribution in [0.25, 0.3) is 22.2 Å². The molecule has 0 saturated carbocycles. The number of nitrogens with one attached hydrogen (secondary N) is 1. The summed E-state index contributed by atoms with van der Waals surface area (Å²) in [5.41, 5.74) is 2.17. The summed E-state index contributed by atoms with van der Waals surface area (Å²) in [5, 5.41) is 8.27. The highest BCUT2D eigenvalue weighted by atomic mass is 16.5. The van der Waals surface area contributed by atoms with Gasteiger partial charge in [0.05, 0.1) is 19.9 Å². The average molecular weight is 432 g/mol. The molecule has 2 heterocycles. The summed E-state index contributed by atoms with van der Waals surface area (Å²) in [5.74, 6) is 1.26. The molecule has 32 heavy (non-hydrogen) atoms. The minimum atomic E-state index is -0.331. The zero-order chi connectivity index (χ0) is 22.5. The maximum absolute atomic E-state index is 12.4. The molecule has 0 bridgehead atoms. The Morgan fingerprint density at radius 3 is 2.47 bits per heavy atom. The number of hydrogen-bond donors (Lipinski definition) is 1. The Kier molecular flexibility index (Phi) is 6.21. The lowest BCUT2D eigenvalue weighted by molar-refractivity contribution is -0.121. The van der Waals surface area contributed by atoms with Gasteiger partial charge in [-0.15, -0.1) is 0 Å². The van der Waals surface area contributed by atoms with Gasteiger partial charge >= 0.3 is 0 Å². The molecule has 164 valence electrons. The van der Waals surface area contributed by atoms with Crippen molar-refractivity contribution >= 4 is 16.8 Å². The number of carbonyl (C=O) groups is 1. The number of fused-ring (bicyclic) bond motifs is 1. The van der Waals surface area contributed by atoms with Crippen LogP contribution in [0.15, 0.2) is 71.7 Å². The van der Waals surface area contributed by atoms with Gasteiger partial charge in [0.2, 0.25) is 5.91 Å². The Hall–Kier alpha value is -4.07. The van der Waals surface area contributed by atoms with Gasteiger partial charge in [-0.2, -0.15) is 5.10 Å². The number of hydrogen-bond acceptors (Lipinski definition) is 5. The smallest absolute Gasteiger partial charge is 0.267 e. The van der Waals surface area contributed by atoms with E-state index in [1.54, 1.807) is 20.3 Å². The molecule has 0 aliphatic rings. The van der Waals surface area contributed by atoms with E-state index >= 15 is 0 Å². The van der Waals surface area contributed by atoms with Crippen LogP contribution in [0, 0.1) is 0 Å². The molecular weight excluding hydrogens is 408 g/mol. The second-order valence-corrected chi connectivity index (χ2v) is 7.23. The third kappa shape index (κ3) is 4.64. The maximum Gasteiger partial charge on any atom is 0.267 e. The third-order valence-corrected chi connectivity index (χ3v) is 5.20. The van der Waals surface area contributed by atoms with E-state index in [2.05, 4.69) is 15.0 Å². The van der Waals surface area contributed by atoms with E-state index in [-0.39, 0.29) is 18.0 Å². The Morgan fingerprint density at radius 1 is 0.969 bits per heavy atom. The van der Waals surface area contributed by atoms with Crippen molar-refractivity contribution in [2.24, 2.45) is 0 Å². The van der Waals surface area contributed by atoms with Crippen LogP contribution in [-0.4, -0.2) is 41.0 Å². The lowest BCUT2D eigenvalue weighted by atomic mass is 10.1. The average Bonchev–Trinajstić information content (AvgIpc) is 3.22. The van der Waals surface area contributed by atoms with E-state index < -0.39 is 0 Å². The van der Waals surface area contributed by atoms with Crippen molar-refractivity contribution in [1.29, 1.82) is 0 Å². The molecule has 0 spiro atoms. The van der Waals surface area contributed by atoms with E-state index in [4.69, 9.17) is 9.47 Å². The lowest BCUT2D eigenvalue weighted by Gasteiger charge is -2.10. The van der Waals surface area contributed by atoms with Gasteiger partial charge in [-0.25, -0.2) is 4.68 Å². The SMILES string of the molecule is COc1ccc(-c2ccc(=O)n(CC(=O)NCCn3ccc4cc(OC)ccc43)n2)cc1. The zero-order valence-electron chi connectivity index (χ0n) is 17.9. The molecule has 0 atom stereocenters. The van der Waals surface area contributed by atoms with E-state index in [1.807, 2.05) is 54.7 Å². The van der Waals surface area contributed by atoms with Crippen LogP contribution < -0.4 is 20.3 Å². The quantitative estimate of drug-likeness (QED) is 0.463. The first-order valence-electron chi connectivity index (χ1n) is 10.2. The number of methoxy groups -OCH3 is 2. The van der Waals surface area contributed by atoms with Gasteiger partial charge in [-0.3, -0.25) is 9.59 Å². The monoisotopic (exact) mass is 432 g/mol. The highest BCUT2D eigenvalue weighted by molar-refractivity contribution is 5.81. The van der Waals surface area contributed by atoms with Gasteiger partial charge in [-0.05, 0) is 54.6 Å². The number of amides is 1. The van der Waals surface area contributed by atoms with E-state index in [0.29, 0.717) is 18.8 Å². The summed E-state index contributed by atoms with van der Waals surface area (Å²) in [6.45, 7) is 0.893. The molecule has 4 aromatic rings. The molecule has 0 saturated heterocycles. The number of ether oxygens (including phenoxy) is 2. The Bertz CT molecular complexity index is 1290. The van der Waals surface area contributed by atoms with Crippen molar-refractivity contribution in [3.63, 3.8) is 0 Å². The highest BCUT2D eigenvalue weighted by Gasteiger charge is 2.09. The van der Waals surface area contributed by atoms with Crippen molar-refractivity contribution in [2.45, 2.75) is 13.1 Å². The molecule has 4 rings (SSSR count). The molecule has 0 radical (unpaired) electrons. The Balaban J connectivity index is 1.38. The fourth-order valence-corrected chi connectivity index (χ4v) is 3.49. The number of benzene rings is 2. The normalized spacial score (nSPS) is 10.8. The standard InChI is InChI=1S/C24H24N4O4/c1-31-19-5-3-17(4-6-19)21-8-10-24(30)28(26-21)16-23(29)25-12-14-27-13-11-18-15-20(32-2)7-9-22(18)27/h3-11,13,15H,12,14,16H2,1-2H3,(H,25,29). The second-order valence-electron chi connectivity index (χ2n) is 7.23. The largest absolute Gasteiger partial charge is 0.497 e. The molecule has 1 amide bonds. The molecule has 1 N–H and O–H groups in total. The maximum atomic E-state index is 12.4. The predicted molar refractivity (Wildman–Crippen MR) is 122 cm³/mol. The van der Waals surface area contributed by atoms with Crippen molar-refractivity contribution < 1.29 is 14.3 Å². The molecule has 2 aromatic carbocycles. The van der Waals surface area contributed by atoms with Crippen LogP contribution >= 0.6 is 0 Å². The number of nitrogens with zero attached hydrogens (tertiary/aromatic N) is 3. The van der Waals surface area contributed by atoms with Gasteiger partial charge < -0.3 is 19.4 Å². The van der Waals surface area contributed by atoms with Gasteiger partial charge in [0.15, 0.2) is 0 Å². The van der Waals surface area contributed by atoms with E-state index in [0.717, 1.165) is 28.0 Å². The van der Waals surface area contributed by atoms with Gasteiger partial charge in [-0.1, -0.05) is 0 Å². The Morgan fingerprint density at radius 2 is 1.72 bits per heavy atom. The van der Waals surface area contributed by atoms with Crippen molar-refractivity contribution in [2.75, 3.05) is 20.8 Å². The van der Waals surface area contributed by atoms with Crippen molar-refractivity contribution in [3.05, 3.63) is 77.2 Å². The fraction of sp³-hybridized carbons (Fsp3) is 0.208. The molecule has 0 unspecified atom stereocenters. The summed E-state index contributed by atoms with van der Waals surface area (Å²) >= 11 is 0. The Labute approximate surface area is 185 Å². The van der Waals surface area contributed by atoms with Crippen LogP contribution in [0.1, 0.15) is 0 Å². The zero-order valence-corrected chi connectivity index (χ0v) is 17.9. The van der Waals surface area contributed by atoms with Crippen LogP contribution in [-0.2, 0) is 17.9 Å². The van der Waals surface area contributed by atoms with Crippen molar-refractivity contribution in [1.82, 2.24) is 19.7 Å². The molecule has 0 aliphatic heterocycles. The first-order chi connectivity index (χ1) is 15.6. The molecule has 8 heteroatoms. The minimum absolute atomic E-state index is 0.146. The third-order valence-electron chi connectivity index (χ3n) is 5.20. The van der Waals surface area contributed by atoms with E-state index in [9.17, 15) is 9.59 Å². The molecule has 0 aliphatic carbocycles. The predicted octanol–water partition coefficient (Wildman–Crippen LogP) is 2.70. The van der Waals surface area contributed by atoms with Crippen LogP contribution in [0.4, 0.5) is 0 Å². The van der Waals surface area contributed by atoms with Crippen molar-refractivity contribution in [3.8, 4) is 22.8 Å². The minimum Gasteiger partial charge on any atom is -0.497 e. The summed E-state index contributed by atoms with van der Waals surface area (Å²) in [6.07, 6.45) is 1.97. The topological polar surface area (TPSA) is 87.4 Å².